The number of fused-ring (bicyclic) bond motifs is 3. The molecule has 0 aromatic heterocycles. The normalized spacial score (nSPS) is 30.4. The second kappa shape index (κ2) is 6.86. The maximum Gasteiger partial charge on any atom is 0.312 e. The van der Waals surface area contributed by atoms with Gasteiger partial charge in [0.2, 0.25) is 5.91 Å². The Morgan fingerprint density at radius 2 is 1.68 bits per heavy atom. The summed E-state index contributed by atoms with van der Waals surface area (Å²) in [5.41, 5.74) is -0.320. The van der Waals surface area contributed by atoms with E-state index in [1.165, 1.54) is 14.2 Å². The lowest BCUT2D eigenvalue weighted by atomic mass is 9.50. The van der Waals surface area contributed by atoms with E-state index in [1.807, 2.05) is 18.2 Å². The molecule has 1 amide bonds. The number of amides is 1. The van der Waals surface area contributed by atoms with E-state index >= 15 is 0 Å². The number of para-hydroxylation sites is 1. The fourth-order valence-corrected chi connectivity index (χ4v) is 4.60. The Bertz CT molecular complexity index is 664. The number of hydrogen-bond donors (Lipinski definition) is 1. The van der Waals surface area contributed by atoms with Gasteiger partial charge >= 0.3 is 11.9 Å². The second-order valence-electron chi connectivity index (χ2n) is 6.87. The van der Waals surface area contributed by atoms with Gasteiger partial charge in [0.1, 0.15) is 0 Å². The molecule has 1 N–H and O–H groups in total. The Labute approximate surface area is 146 Å². The summed E-state index contributed by atoms with van der Waals surface area (Å²) in [5.74, 6) is -2.49. The highest BCUT2D eigenvalue weighted by atomic mass is 16.5. The van der Waals surface area contributed by atoms with Gasteiger partial charge in [-0.2, -0.15) is 0 Å². The first-order valence-electron chi connectivity index (χ1n) is 8.55. The van der Waals surface area contributed by atoms with E-state index in [9.17, 15) is 14.4 Å². The molecule has 3 aliphatic rings. The minimum Gasteiger partial charge on any atom is -0.469 e. The molecule has 6 nitrogen and oxygen atoms in total. The van der Waals surface area contributed by atoms with Crippen LogP contribution >= 0.6 is 0 Å². The Kier molecular flexibility index (Phi) is 4.79. The third-order valence-electron chi connectivity index (χ3n) is 5.77. The van der Waals surface area contributed by atoms with Crippen molar-refractivity contribution in [3.63, 3.8) is 0 Å². The summed E-state index contributed by atoms with van der Waals surface area (Å²) < 4.78 is 9.99. The molecule has 3 aliphatic carbocycles. The van der Waals surface area contributed by atoms with Crippen molar-refractivity contribution in [2.24, 2.45) is 23.2 Å². The largest absolute Gasteiger partial charge is 0.469 e. The summed E-state index contributed by atoms with van der Waals surface area (Å²) in [6.45, 7) is 0. The van der Waals surface area contributed by atoms with Gasteiger partial charge in [0.05, 0.1) is 31.5 Å². The zero-order valence-electron chi connectivity index (χ0n) is 14.5. The summed E-state index contributed by atoms with van der Waals surface area (Å²) in [7, 11) is 2.65. The quantitative estimate of drug-likeness (QED) is 0.848. The number of carbonyl (C=O) groups is 3. The van der Waals surface area contributed by atoms with Gasteiger partial charge in [0, 0.05) is 5.69 Å². The average Bonchev–Trinajstić information content (AvgIpc) is 2.67. The highest BCUT2D eigenvalue weighted by Crippen LogP contribution is 2.57. The number of anilines is 1. The van der Waals surface area contributed by atoms with Gasteiger partial charge in [-0.1, -0.05) is 18.2 Å². The summed E-state index contributed by atoms with van der Waals surface area (Å²) >= 11 is 0. The molecule has 25 heavy (non-hydrogen) atoms. The summed E-state index contributed by atoms with van der Waals surface area (Å²) in [5, 5.41) is 2.85. The first-order valence-corrected chi connectivity index (χ1v) is 8.55. The lowest BCUT2D eigenvalue weighted by Gasteiger charge is -2.52. The van der Waals surface area contributed by atoms with Crippen LogP contribution in [0.25, 0.3) is 0 Å². The predicted molar refractivity (Wildman–Crippen MR) is 90.5 cm³/mol. The van der Waals surface area contributed by atoms with Gasteiger partial charge in [-0.3, -0.25) is 14.4 Å². The van der Waals surface area contributed by atoms with Gasteiger partial charge in [-0.25, -0.2) is 0 Å². The molecule has 0 radical (unpaired) electrons. The van der Waals surface area contributed by atoms with Crippen LogP contribution in [0.3, 0.4) is 0 Å². The van der Waals surface area contributed by atoms with Gasteiger partial charge in [0.25, 0.3) is 0 Å². The van der Waals surface area contributed by atoms with Gasteiger partial charge in [-0.15, -0.1) is 0 Å². The van der Waals surface area contributed by atoms with Gasteiger partial charge in [0.15, 0.2) is 0 Å². The molecule has 0 aliphatic heterocycles. The number of methoxy groups -OCH3 is 2. The molecule has 4 rings (SSSR count). The van der Waals surface area contributed by atoms with Crippen LogP contribution in [0, 0.1) is 23.2 Å². The lowest BCUT2D eigenvalue weighted by Crippen LogP contribution is -2.59. The van der Waals surface area contributed by atoms with Crippen LogP contribution in [-0.4, -0.2) is 32.1 Å². The van der Waals surface area contributed by atoms with Crippen molar-refractivity contribution >= 4 is 23.5 Å². The second-order valence-corrected chi connectivity index (χ2v) is 6.87. The summed E-state index contributed by atoms with van der Waals surface area (Å²) in [6, 6.07) is 9.03. The van der Waals surface area contributed by atoms with Crippen molar-refractivity contribution in [2.45, 2.75) is 25.7 Å². The number of carbonyl (C=O) groups excluding carboxylic acids is 3. The molecule has 2 atom stereocenters. The van der Waals surface area contributed by atoms with Crippen LogP contribution in [0.1, 0.15) is 25.7 Å². The smallest absolute Gasteiger partial charge is 0.312 e. The monoisotopic (exact) mass is 345 g/mol. The van der Waals surface area contributed by atoms with Gasteiger partial charge in [-0.05, 0) is 43.7 Å². The molecule has 1 aromatic carbocycles. The van der Waals surface area contributed by atoms with Crippen LogP contribution in [0.15, 0.2) is 30.3 Å². The molecule has 2 bridgehead atoms. The number of rotatable bonds is 4. The summed E-state index contributed by atoms with van der Waals surface area (Å²) in [6.07, 6.45) is 2.57. The Hall–Kier alpha value is -2.37. The number of hydrogen-bond acceptors (Lipinski definition) is 5. The van der Waals surface area contributed by atoms with E-state index in [4.69, 9.17) is 9.47 Å². The van der Waals surface area contributed by atoms with Crippen molar-refractivity contribution in [1.82, 2.24) is 0 Å². The van der Waals surface area contributed by atoms with Crippen molar-refractivity contribution in [1.29, 1.82) is 0 Å². The number of esters is 2. The van der Waals surface area contributed by atoms with Crippen LogP contribution in [0.5, 0.6) is 0 Å². The SMILES string of the molecule is COC(=O)[C@H]1C2CCC(C(=O)OC)(CC2)[C@H]1C(=O)Nc1ccccc1. The average molecular weight is 345 g/mol. The van der Waals surface area contributed by atoms with Crippen molar-refractivity contribution < 1.29 is 23.9 Å². The van der Waals surface area contributed by atoms with E-state index in [0.717, 1.165) is 12.8 Å². The molecule has 0 heterocycles. The molecule has 0 unspecified atom stereocenters. The Morgan fingerprint density at radius 1 is 1.04 bits per heavy atom. The number of ether oxygens (including phenoxy) is 2. The zero-order chi connectivity index (χ0) is 18.0. The molecular weight excluding hydrogens is 322 g/mol. The Balaban J connectivity index is 1.98. The first-order chi connectivity index (χ1) is 12.0. The number of nitrogens with one attached hydrogen (secondary N) is 1. The minimum absolute atomic E-state index is 0.0607. The van der Waals surface area contributed by atoms with Crippen LogP contribution < -0.4 is 5.32 Å². The van der Waals surface area contributed by atoms with Crippen LogP contribution in [-0.2, 0) is 23.9 Å². The third-order valence-corrected chi connectivity index (χ3v) is 5.77. The van der Waals surface area contributed by atoms with Crippen molar-refractivity contribution in [3.8, 4) is 0 Å². The van der Waals surface area contributed by atoms with Crippen molar-refractivity contribution in [2.75, 3.05) is 19.5 Å². The predicted octanol–water partition coefficient (Wildman–Crippen LogP) is 2.39. The highest BCUT2D eigenvalue weighted by Gasteiger charge is 2.63. The molecular formula is C19H23NO5. The molecule has 3 saturated carbocycles. The number of benzene rings is 1. The van der Waals surface area contributed by atoms with Gasteiger partial charge < -0.3 is 14.8 Å². The molecule has 6 heteroatoms. The third kappa shape index (κ3) is 2.90. The van der Waals surface area contributed by atoms with E-state index in [0.29, 0.717) is 18.5 Å². The van der Waals surface area contributed by atoms with E-state index in [1.54, 1.807) is 12.1 Å². The minimum atomic E-state index is -0.957. The van der Waals surface area contributed by atoms with Crippen LogP contribution in [0.2, 0.25) is 0 Å². The van der Waals surface area contributed by atoms with E-state index in [2.05, 4.69) is 5.32 Å². The molecule has 3 fully saturated rings. The maximum atomic E-state index is 13.1. The van der Waals surface area contributed by atoms with E-state index in [-0.39, 0.29) is 11.8 Å². The molecule has 1 aromatic rings. The standard InChI is InChI=1S/C19H23NO5/c1-24-17(22)14-12-8-10-19(11-9-12,18(23)25-2)15(14)16(21)20-13-6-4-3-5-7-13/h3-7,12,14-15H,8-11H2,1-2H3,(H,20,21)/t12?,14-,15+,19?/m0/s1. The van der Waals surface area contributed by atoms with Crippen molar-refractivity contribution in [3.05, 3.63) is 30.3 Å². The molecule has 0 saturated heterocycles. The fraction of sp³-hybridized carbons (Fsp3) is 0.526. The topological polar surface area (TPSA) is 81.7 Å². The maximum absolute atomic E-state index is 13.1. The molecule has 0 spiro atoms. The fourth-order valence-electron chi connectivity index (χ4n) is 4.60. The molecule has 134 valence electrons. The Morgan fingerprint density at radius 3 is 2.24 bits per heavy atom. The highest BCUT2D eigenvalue weighted by molar-refractivity contribution is 5.99. The van der Waals surface area contributed by atoms with E-state index < -0.39 is 29.2 Å². The first kappa shape index (κ1) is 17.5. The summed E-state index contributed by atoms with van der Waals surface area (Å²) in [4.78, 5) is 38.1. The van der Waals surface area contributed by atoms with Crippen LogP contribution in [0.4, 0.5) is 5.69 Å². The zero-order valence-corrected chi connectivity index (χ0v) is 14.5. The lowest BCUT2D eigenvalue weighted by molar-refractivity contribution is -0.182.